The molecule has 0 bridgehead atoms. The maximum Gasteiger partial charge on any atom is 0.132 e. The van der Waals surface area contributed by atoms with Gasteiger partial charge in [0.05, 0.1) is 23.3 Å². The van der Waals surface area contributed by atoms with Crippen LogP contribution in [0.2, 0.25) is 0 Å². The second-order valence-corrected chi connectivity index (χ2v) is 3.85. The lowest BCUT2D eigenvalue weighted by molar-refractivity contribution is 0.268. The first-order valence-electron chi connectivity index (χ1n) is 3.89. The Morgan fingerprint density at radius 3 is 2.77 bits per heavy atom. The summed E-state index contributed by atoms with van der Waals surface area (Å²) in [5.41, 5.74) is 6.58. The predicted octanol–water partition coefficient (Wildman–Crippen LogP) is 1.29. The lowest BCUT2D eigenvalue weighted by Gasteiger charge is -2.10. The van der Waals surface area contributed by atoms with Gasteiger partial charge in [-0.05, 0) is 40.3 Å². The number of aliphatic hydroxyl groups excluding tert-OH is 1. The smallest absolute Gasteiger partial charge is 0.132 e. The number of aliphatic hydroxyl groups is 1. The molecule has 3 N–H and O–H groups in total. The van der Waals surface area contributed by atoms with Crippen molar-refractivity contribution in [2.45, 2.75) is 6.04 Å². The van der Waals surface area contributed by atoms with Crippen molar-refractivity contribution in [3.8, 4) is 5.75 Å². The average molecular weight is 293 g/mol. The predicted molar refractivity (Wildman–Crippen MR) is 59.7 cm³/mol. The van der Waals surface area contributed by atoms with Crippen molar-refractivity contribution in [3.05, 3.63) is 27.3 Å². The zero-order valence-electron chi connectivity index (χ0n) is 7.33. The van der Waals surface area contributed by atoms with Gasteiger partial charge in [0.25, 0.3) is 0 Å². The molecule has 0 unspecified atom stereocenters. The second-order valence-electron chi connectivity index (χ2n) is 2.68. The summed E-state index contributed by atoms with van der Waals surface area (Å²) in [6.07, 6.45) is 0. The van der Waals surface area contributed by atoms with Crippen LogP contribution < -0.4 is 10.5 Å². The normalized spacial score (nSPS) is 12.6. The number of rotatable bonds is 3. The fraction of sp³-hybridized carbons (Fsp3) is 0.333. The van der Waals surface area contributed by atoms with E-state index < -0.39 is 0 Å². The lowest BCUT2D eigenvalue weighted by Crippen LogP contribution is -2.14. The summed E-state index contributed by atoms with van der Waals surface area (Å²) in [6.45, 7) is -0.0393. The van der Waals surface area contributed by atoms with Crippen LogP contribution in [0.3, 0.4) is 0 Å². The maximum atomic E-state index is 8.85. The molecule has 0 fully saturated rings. The molecule has 0 radical (unpaired) electrons. The van der Waals surface area contributed by atoms with Gasteiger partial charge in [0.2, 0.25) is 0 Å². The van der Waals surface area contributed by atoms with E-state index in [0.717, 1.165) is 14.9 Å². The van der Waals surface area contributed by atoms with Crippen molar-refractivity contribution < 1.29 is 9.84 Å². The van der Waals surface area contributed by atoms with Crippen LogP contribution in [0.25, 0.3) is 0 Å². The van der Waals surface area contributed by atoms with Gasteiger partial charge in [0.1, 0.15) is 5.75 Å². The molecule has 0 amide bonds. The number of methoxy groups -OCH3 is 1. The Kier molecular flexibility index (Phi) is 3.95. The van der Waals surface area contributed by atoms with Gasteiger partial charge < -0.3 is 15.6 Å². The summed E-state index contributed by atoms with van der Waals surface area (Å²) < 4.78 is 6.10. The number of halogens is 1. The highest BCUT2D eigenvalue weighted by Crippen LogP contribution is 2.23. The number of hydrogen-bond donors (Lipinski definition) is 2. The summed E-state index contributed by atoms with van der Waals surface area (Å²) in [6, 6.07) is 5.33. The molecule has 0 saturated carbocycles. The van der Waals surface area contributed by atoms with Gasteiger partial charge >= 0.3 is 0 Å². The summed E-state index contributed by atoms with van der Waals surface area (Å²) in [5, 5.41) is 8.85. The minimum Gasteiger partial charge on any atom is -0.496 e. The molecule has 72 valence electrons. The Labute approximate surface area is 91.0 Å². The van der Waals surface area contributed by atoms with Gasteiger partial charge in [0, 0.05) is 0 Å². The van der Waals surface area contributed by atoms with E-state index in [1.807, 2.05) is 18.2 Å². The molecule has 0 aliphatic heterocycles. The molecule has 0 spiro atoms. The van der Waals surface area contributed by atoms with E-state index in [1.54, 1.807) is 7.11 Å². The van der Waals surface area contributed by atoms with Crippen LogP contribution in [0.5, 0.6) is 5.75 Å². The fourth-order valence-electron chi connectivity index (χ4n) is 1.02. The van der Waals surface area contributed by atoms with E-state index in [1.165, 1.54) is 0 Å². The highest BCUT2D eigenvalue weighted by atomic mass is 127. The van der Waals surface area contributed by atoms with Crippen molar-refractivity contribution in [2.24, 2.45) is 5.73 Å². The molecule has 0 saturated heterocycles. The molecule has 0 aromatic heterocycles. The summed E-state index contributed by atoms with van der Waals surface area (Å²) in [7, 11) is 1.63. The second kappa shape index (κ2) is 4.78. The molecule has 0 aliphatic rings. The molecule has 4 heteroatoms. The third kappa shape index (κ3) is 2.55. The van der Waals surface area contributed by atoms with Crippen LogP contribution in [0.15, 0.2) is 18.2 Å². The molecule has 3 nitrogen and oxygen atoms in total. The van der Waals surface area contributed by atoms with Gasteiger partial charge in [-0.15, -0.1) is 0 Å². The Hall–Kier alpha value is -0.330. The van der Waals surface area contributed by atoms with Gasteiger partial charge in [-0.25, -0.2) is 0 Å². The van der Waals surface area contributed by atoms with Crippen molar-refractivity contribution in [2.75, 3.05) is 13.7 Å². The Balaban J connectivity index is 2.95. The molecule has 1 atom stereocenters. The topological polar surface area (TPSA) is 55.5 Å². The zero-order chi connectivity index (χ0) is 9.84. The zero-order valence-corrected chi connectivity index (χ0v) is 9.48. The van der Waals surface area contributed by atoms with Crippen molar-refractivity contribution in [1.82, 2.24) is 0 Å². The number of ether oxygens (including phenoxy) is 1. The first-order valence-corrected chi connectivity index (χ1v) is 4.96. The minimum absolute atomic E-state index is 0.0393. The highest BCUT2D eigenvalue weighted by molar-refractivity contribution is 14.1. The van der Waals surface area contributed by atoms with Crippen molar-refractivity contribution in [3.63, 3.8) is 0 Å². The fourth-order valence-corrected chi connectivity index (χ4v) is 1.78. The van der Waals surface area contributed by atoms with Crippen LogP contribution in [-0.4, -0.2) is 18.8 Å². The Morgan fingerprint density at radius 1 is 1.62 bits per heavy atom. The van der Waals surface area contributed by atoms with E-state index >= 15 is 0 Å². The van der Waals surface area contributed by atoms with Gasteiger partial charge in [-0.2, -0.15) is 0 Å². The monoisotopic (exact) mass is 293 g/mol. The van der Waals surface area contributed by atoms with Gasteiger partial charge in [0.15, 0.2) is 0 Å². The van der Waals surface area contributed by atoms with E-state index in [-0.39, 0.29) is 12.6 Å². The number of benzene rings is 1. The number of nitrogens with two attached hydrogens (primary N) is 1. The van der Waals surface area contributed by atoms with Crippen molar-refractivity contribution >= 4 is 22.6 Å². The summed E-state index contributed by atoms with van der Waals surface area (Å²) in [5.74, 6) is 0.828. The van der Waals surface area contributed by atoms with Crippen LogP contribution in [0.4, 0.5) is 0 Å². The molecule has 1 rings (SSSR count). The molecular weight excluding hydrogens is 281 g/mol. The SMILES string of the molecule is COc1ccc([C@@H](N)CO)cc1I. The molecular formula is C9H12INO2. The number of hydrogen-bond acceptors (Lipinski definition) is 3. The largest absolute Gasteiger partial charge is 0.496 e. The lowest BCUT2D eigenvalue weighted by atomic mass is 10.1. The molecule has 13 heavy (non-hydrogen) atoms. The van der Waals surface area contributed by atoms with Crippen LogP contribution in [0, 0.1) is 3.57 Å². The standard InChI is InChI=1S/C9H12INO2/c1-13-9-3-2-6(4-7(9)10)8(11)5-12/h2-4,8,12H,5,11H2,1H3/t8-/m0/s1. The molecule has 0 aliphatic carbocycles. The highest BCUT2D eigenvalue weighted by Gasteiger charge is 2.06. The van der Waals surface area contributed by atoms with Crippen molar-refractivity contribution in [1.29, 1.82) is 0 Å². The molecule has 1 aromatic rings. The third-order valence-electron chi connectivity index (χ3n) is 1.80. The van der Waals surface area contributed by atoms with Crippen LogP contribution in [-0.2, 0) is 0 Å². The maximum absolute atomic E-state index is 8.85. The average Bonchev–Trinajstić information content (AvgIpc) is 2.16. The Bertz CT molecular complexity index is 291. The van der Waals surface area contributed by atoms with E-state index in [4.69, 9.17) is 15.6 Å². The third-order valence-corrected chi connectivity index (χ3v) is 2.64. The van der Waals surface area contributed by atoms with Gasteiger partial charge in [-0.3, -0.25) is 0 Å². The van der Waals surface area contributed by atoms with E-state index in [2.05, 4.69) is 22.6 Å². The van der Waals surface area contributed by atoms with Crippen LogP contribution >= 0.6 is 22.6 Å². The molecule has 0 heterocycles. The first kappa shape index (κ1) is 10.7. The minimum atomic E-state index is -0.306. The van der Waals surface area contributed by atoms with E-state index in [9.17, 15) is 0 Å². The van der Waals surface area contributed by atoms with E-state index in [0.29, 0.717) is 0 Å². The quantitative estimate of drug-likeness (QED) is 0.826. The summed E-state index contributed by atoms with van der Waals surface area (Å²) in [4.78, 5) is 0. The first-order chi connectivity index (χ1) is 6.19. The Morgan fingerprint density at radius 2 is 2.31 bits per heavy atom. The summed E-state index contributed by atoms with van der Waals surface area (Å²) >= 11 is 2.17. The molecule has 1 aromatic carbocycles. The van der Waals surface area contributed by atoms with Crippen LogP contribution in [0.1, 0.15) is 11.6 Å². The van der Waals surface area contributed by atoms with Gasteiger partial charge in [-0.1, -0.05) is 6.07 Å².